The molecule has 1 aliphatic heterocycles. The van der Waals surface area contributed by atoms with Crippen LogP contribution >= 0.6 is 0 Å². The Hall–Kier alpha value is -1.85. The number of fused-ring (bicyclic) bond motifs is 2. The third-order valence-electron chi connectivity index (χ3n) is 5.18. The average molecular weight is 314 g/mol. The van der Waals surface area contributed by atoms with Gasteiger partial charge in [-0.15, -0.1) is 0 Å². The third kappa shape index (κ3) is 2.54. The number of ether oxygens (including phenoxy) is 2. The van der Waals surface area contributed by atoms with Gasteiger partial charge in [-0.3, -0.25) is 4.79 Å². The lowest BCUT2D eigenvalue weighted by molar-refractivity contribution is -0.101. The normalized spacial score (nSPS) is 27.9. The fraction of sp³-hybridized carbons (Fsp3) is 0.500. The zero-order chi connectivity index (χ0) is 15.8. The van der Waals surface area contributed by atoms with Gasteiger partial charge in [0.25, 0.3) is 5.91 Å². The number of para-hydroxylation sites is 1. The Bertz CT molecular complexity index is 711. The van der Waals surface area contributed by atoms with Gasteiger partial charge in [-0.05, 0) is 31.4 Å². The summed E-state index contributed by atoms with van der Waals surface area (Å²) in [6.07, 6.45) is 5.06. The predicted octanol–water partition coefficient (Wildman–Crippen LogP) is 2.58. The van der Waals surface area contributed by atoms with E-state index in [0.29, 0.717) is 13.2 Å². The summed E-state index contributed by atoms with van der Waals surface area (Å²) < 4.78 is 11.4. The molecule has 4 rings (SSSR count). The van der Waals surface area contributed by atoms with E-state index in [4.69, 9.17) is 9.47 Å². The molecule has 0 radical (unpaired) electrons. The molecule has 1 N–H and O–H groups in total. The Kier molecular flexibility index (Phi) is 3.83. The van der Waals surface area contributed by atoms with Crippen LogP contribution in [-0.2, 0) is 9.47 Å². The van der Waals surface area contributed by atoms with Gasteiger partial charge in [0.2, 0.25) is 0 Å². The minimum absolute atomic E-state index is 0.0908. The molecule has 2 heterocycles. The van der Waals surface area contributed by atoms with E-state index in [0.717, 1.165) is 35.7 Å². The van der Waals surface area contributed by atoms with E-state index >= 15 is 0 Å². The summed E-state index contributed by atoms with van der Waals surface area (Å²) in [6.45, 7) is 1.26. The Morgan fingerprint density at radius 2 is 2.26 bits per heavy atom. The van der Waals surface area contributed by atoms with Gasteiger partial charge in [0, 0.05) is 25.2 Å². The van der Waals surface area contributed by atoms with Gasteiger partial charge in [-0.1, -0.05) is 12.1 Å². The number of amides is 1. The minimum atomic E-state index is 0.0908. The molecule has 1 amide bonds. The van der Waals surface area contributed by atoms with E-state index in [9.17, 15) is 4.79 Å². The third-order valence-corrected chi connectivity index (χ3v) is 5.18. The molecule has 1 aromatic carbocycles. The number of H-pyrrole nitrogens is 1. The molecule has 23 heavy (non-hydrogen) atoms. The van der Waals surface area contributed by atoms with Gasteiger partial charge in [0.15, 0.2) is 0 Å². The first kappa shape index (κ1) is 14.7. The topological polar surface area (TPSA) is 54.6 Å². The number of aromatic nitrogens is 1. The molecule has 1 saturated carbocycles. The lowest BCUT2D eigenvalue weighted by Crippen LogP contribution is -2.57. The minimum Gasteiger partial charge on any atom is -0.381 e. The molecule has 122 valence electrons. The molecule has 0 bridgehead atoms. The first-order valence-electron chi connectivity index (χ1n) is 8.29. The average Bonchev–Trinajstić information content (AvgIpc) is 3.08. The van der Waals surface area contributed by atoms with Crippen molar-refractivity contribution in [1.82, 2.24) is 9.88 Å². The van der Waals surface area contributed by atoms with Crippen LogP contribution in [0.1, 0.15) is 29.6 Å². The summed E-state index contributed by atoms with van der Waals surface area (Å²) in [5.41, 5.74) is 1.66. The van der Waals surface area contributed by atoms with E-state index in [1.807, 2.05) is 35.4 Å². The highest BCUT2D eigenvalue weighted by Crippen LogP contribution is 2.31. The van der Waals surface area contributed by atoms with E-state index in [2.05, 4.69) is 4.98 Å². The SMILES string of the molecule is COC1CCC2OCCN(C(=O)c3cccc4cc[nH]c34)C2C1. The van der Waals surface area contributed by atoms with Crippen molar-refractivity contribution in [3.05, 3.63) is 36.0 Å². The number of carbonyl (C=O) groups excluding carboxylic acids is 1. The van der Waals surface area contributed by atoms with Crippen molar-refractivity contribution >= 4 is 16.8 Å². The van der Waals surface area contributed by atoms with Crippen molar-refractivity contribution in [2.75, 3.05) is 20.3 Å². The van der Waals surface area contributed by atoms with Crippen LogP contribution in [0.3, 0.4) is 0 Å². The Balaban J connectivity index is 1.65. The standard InChI is InChI=1S/C18H22N2O3/c1-22-13-5-6-16-15(11-13)20(9-10-23-16)18(21)14-4-2-3-12-7-8-19-17(12)14/h2-4,7-8,13,15-16,19H,5-6,9-11H2,1H3. The maximum atomic E-state index is 13.2. The Labute approximate surface area is 135 Å². The highest BCUT2D eigenvalue weighted by molar-refractivity contribution is 6.05. The van der Waals surface area contributed by atoms with E-state index in [1.54, 1.807) is 7.11 Å². The van der Waals surface area contributed by atoms with Crippen LogP contribution in [0, 0.1) is 0 Å². The summed E-state index contributed by atoms with van der Waals surface area (Å²) in [5, 5.41) is 1.07. The lowest BCUT2D eigenvalue weighted by atomic mass is 9.87. The number of rotatable bonds is 2. The van der Waals surface area contributed by atoms with E-state index < -0.39 is 0 Å². The number of hydrogen-bond acceptors (Lipinski definition) is 3. The molecule has 2 aromatic rings. The number of methoxy groups -OCH3 is 1. The Morgan fingerprint density at radius 1 is 1.35 bits per heavy atom. The van der Waals surface area contributed by atoms with Crippen LogP contribution in [0.15, 0.2) is 30.5 Å². The highest BCUT2D eigenvalue weighted by atomic mass is 16.5. The van der Waals surface area contributed by atoms with Crippen molar-refractivity contribution < 1.29 is 14.3 Å². The molecule has 0 spiro atoms. The molecule has 1 saturated heterocycles. The lowest BCUT2D eigenvalue weighted by Gasteiger charge is -2.45. The Morgan fingerprint density at radius 3 is 3.13 bits per heavy atom. The van der Waals surface area contributed by atoms with Crippen molar-refractivity contribution in [3.8, 4) is 0 Å². The van der Waals surface area contributed by atoms with Crippen molar-refractivity contribution in [1.29, 1.82) is 0 Å². The highest BCUT2D eigenvalue weighted by Gasteiger charge is 2.40. The van der Waals surface area contributed by atoms with Crippen molar-refractivity contribution in [3.63, 3.8) is 0 Å². The zero-order valence-corrected chi connectivity index (χ0v) is 13.3. The molecular formula is C18H22N2O3. The van der Waals surface area contributed by atoms with Gasteiger partial charge < -0.3 is 19.4 Å². The number of morpholine rings is 1. The van der Waals surface area contributed by atoms with Crippen LogP contribution in [0.2, 0.25) is 0 Å². The van der Waals surface area contributed by atoms with Gasteiger partial charge in [0.05, 0.1) is 35.9 Å². The second-order valence-electron chi connectivity index (χ2n) is 6.39. The molecule has 1 aromatic heterocycles. The predicted molar refractivity (Wildman–Crippen MR) is 87.5 cm³/mol. The van der Waals surface area contributed by atoms with Crippen molar-refractivity contribution in [2.45, 2.75) is 37.5 Å². The summed E-state index contributed by atoms with van der Waals surface area (Å²) in [7, 11) is 1.75. The van der Waals surface area contributed by atoms with E-state index in [-0.39, 0.29) is 24.2 Å². The van der Waals surface area contributed by atoms with Gasteiger partial charge >= 0.3 is 0 Å². The monoisotopic (exact) mass is 314 g/mol. The van der Waals surface area contributed by atoms with Crippen LogP contribution in [0.25, 0.3) is 10.9 Å². The summed E-state index contributed by atoms with van der Waals surface area (Å²) in [5.74, 6) is 0.0908. The maximum absolute atomic E-state index is 13.2. The fourth-order valence-electron chi connectivity index (χ4n) is 3.96. The quantitative estimate of drug-likeness (QED) is 0.927. The summed E-state index contributed by atoms with van der Waals surface area (Å²) in [4.78, 5) is 18.4. The number of carbonyl (C=O) groups is 1. The van der Waals surface area contributed by atoms with Crippen LogP contribution in [0.4, 0.5) is 0 Å². The first-order chi connectivity index (χ1) is 11.3. The number of nitrogens with one attached hydrogen (secondary N) is 1. The summed E-state index contributed by atoms with van der Waals surface area (Å²) in [6, 6.07) is 7.98. The molecular weight excluding hydrogens is 292 g/mol. The number of nitrogens with zero attached hydrogens (tertiary/aromatic N) is 1. The molecule has 5 nitrogen and oxygen atoms in total. The molecule has 2 aliphatic rings. The second-order valence-corrected chi connectivity index (χ2v) is 6.39. The molecule has 3 unspecified atom stereocenters. The largest absolute Gasteiger partial charge is 0.381 e. The van der Waals surface area contributed by atoms with Crippen LogP contribution in [0.5, 0.6) is 0 Å². The molecule has 2 fully saturated rings. The number of benzene rings is 1. The van der Waals surface area contributed by atoms with Crippen molar-refractivity contribution in [2.24, 2.45) is 0 Å². The summed E-state index contributed by atoms with van der Waals surface area (Å²) >= 11 is 0. The first-order valence-corrected chi connectivity index (χ1v) is 8.29. The molecule has 1 aliphatic carbocycles. The number of hydrogen-bond donors (Lipinski definition) is 1. The van der Waals surface area contributed by atoms with E-state index in [1.165, 1.54) is 0 Å². The van der Waals surface area contributed by atoms with Crippen LogP contribution in [-0.4, -0.2) is 54.3 Å². The van der Waals surface area contributed by atoms with Gasteiger partial charge in [-0.2, -0.15) is 0 Å². The van der Waals surface area contributed by atoms with Gasteiger partial charge in [-0.25, -0.2) is 0 Å². The van der Waals surface area contributed by atoms with Crippen LogP contribution < -0.4 is 0 Å². The molecule has 5 heteroatoms. The number of aromatic amines is 1. The second kappa shape index (κ2) is 5.98. The zero-order valence-electron chi connectivity index (χ0n) is 13.3. The smallest absolute Gasteiger partial charge is 0.256 e. The fourth-order valence-corrected chi connectivity index (χ4v) is 3.96. The van der Waals surface area contributed by atoms with Gasteiger partial charge in [0.1, 0.15) is 0 Å². The molecule has 3 atom stereocenters. The maximum Gasteiger partial charge on any atom is 0.256 e.